The third-order valence-corrected chi connectivity index (χ3v) is 1.70. The van der Waals surface area contributed by atoms with Crippen molar-refractivity contribution in [1.82, 2.24) is 4.90 Å². The first-order valence-corrected chi connectivity index (χ1v) is 4.21. The third kappa shape index (κ3) is 5.06. The molecule has 0 aliphatic heterocycles. The molecule has 1 unspecified atom stereocenters. The van der Waals surface area contributed by atoms with E-state index in [1.165, 1.54) is 18.9 Å². The lowest BCUT2D eigenvalue weighted by Gasteiger charge is -2.20. The molecule has 14 heavy (non-hydrogen) atoms. The number of hydrogen-bond acceptors (Lipinski definition) is 2. The van der Waals surface area contributed by atoms with Crippen LogP contribution >= 0.6 is 0 Å². The molecule has 6 heteroatoms. The molecule has 0 aromatic carbocycles. The molecule has 3 nitrogen and oxygen atoms in total. The molecule has 0 N–H and O–H groups in total. The highest BCUT2D eigenvalue weighted by atomic mass is 19.4. The van der Waals surface area contributed by atoms with Crippen LogP contribution in [0.25, 0.3) is 0 Å². The van der Waals surface area contributed by atoms with Gasteiger partial charge in [-0.25, -0.2) is 0 Å². The van der Waals surface area contributed by atoms with Crippen molar-refractivity contribution < 1.29 is 22.7 Å². The van der Waals surface area contributed by atoms with Crippen LogP contribution in [0.4, 0.5) is 13.2 Å². The quantitative estimate of drug-likeness (QED) is 0.707. The molecule has 1 atom stereocenters. The summed E-state index contributed by atoms with van der Waals surface area (Å²) in [6.07, 6.45) is -5.44. The van der Waals surface area contributed by atoms with E-state index in [9.17, 15) is 18.0 Å². The van der Waals surface area contributed by atoms with Gasteiger partial charge in [0.15, 0.2) is 0 Å². The fourth-order valence-electron chi connectivity index (χ4n) is 0.757. The maximum atomic E-state index is 11.7. The maximum Gasteiger partial charge on any atom is 0.411 e. The minimum absolute atomic E-state index is 0.443. The highest BCUT2D eigenvalue weighted by Gasteiger charge is 2.30. The van der Waals surface area contributed by atoms with E-state index in [4.69, 9.17) is 0 Å². The van der Waals surface area contributed by atoms with Gasteiger partial charge in [0.25, 0.3) is 5.91 Å². The van der Waals surface area contributed by atoms with Crippen molar-refractivity contribution in [3.63, 3.8) is 0 Å². The first kappa shape index (κ1) is 13.2. The van der Waals surface area contributed by atoms with E-state index in [1.54, 1.807) is 6.92 Å². The smallest absolute Gasteiger partial charge is 0.359 e. The molecule has 1 amide bonds. The second-order valence-electron chi connectivity index (χ2n) is 2.92. The molecule has 0 aliphatic carbocycles. The van der Waals surface area contributed by atoms with Gasteiger partial charge >= 0.3 is 6.18 Å². The van der Waals surface area contributed by atoms with Crippen LogP contribution in [0, 0.1) is 0 Å². The minimum atomic E-state index is -4.39. The van der Waals surface area contributed by atoms with E-state index < -0.39 is 24.8 Å². The SMILES string of the molecule is CCN(C)C(=O)C(C)OCC(F)(F)F. The average molecular weight is 213 g/mol. The van der Waals surface area contributed by atoms with Gasteiger partial charge in [-0.05, 0) is 13.8 Å². The second-order valence-corrected chi connectivity index (χ2v) is 2.92. The Bertz CT molecular complexity index is 194. The van der Waals surface area contributed by atoms with Crippen LogP contribution < -0.4 is 0 Å². The first-order valence-electron chi connectivity index (χ1n) is 4.21. The molecule has 0 heterocycles. The summed E-state index contributed by atoms with van der Waals surface area (Å²) in [7, 11) is 1.51. The summed E-state index contributed by atoms with van der Waals surface area (Å²) < 4.78 is 39.5. The lowest BCUT2D eigenvalue weighted by Crippen LogP contribution is -2.37. The van der Waals surface area contributed by atoms with Gasteiger partial charge in [-0.1, -0.05) is 0 Å². The third-order valence-electron chi connectivity index (χ3n) is 1.70. The number of hydrogen-bond donors (Lipinski definition) is 0. The van der Waals surface area contributed by atoms with Crippen molar-refractivity contribution in [3.8, 4) is 0 Å². The Balaban J connectivity index is 3.97. The van der Waals surface area contributed by atoms with Gasteiger partial charge in [0.2, 0.25) is 0 Å². The van der Waals surface area contributed by atoms with E-state index in [1.807, 2.05) is 0 Å². The Hall–Kier alpha value is -0.780. The number of likely N-dealkylation sites (N-methyl/N-ethyl adjacent to an activating group) is 1. The van der Waals surface area contributed by atoms with Gasteiger partial charge in [0, 0.05) is 13.6 Å². The van der Waals surface area contributed by atoms with Gasteiger partial charge in [0.05, 0.1) is 0 Å². The second kappa shape index (κ2) is 5.19. The standard InChI is InChI=1S/C8H14F3NO2/c1-4-12(3)7(13)6(2)14-5-8(9,10)11/h6H,4-5H2,1-3H3. The molecule has 0 aromatic rings. The van der Waals surface area contributed by atoms with E-state index in [2.05, 4.69) is 4.74 Å². The molecule has 0 spiro atoms. The zero-order valence-corrected chi connectivity index (χ0v) is 8.39. The summed E-state index contributed by atoms with van der Waals surface area (Å²) in [5.41, 5.74) is 0. The van der Waals surface area contributed by atoms with E-state index in [0.29, 0.717) is 6.54 Å². The van der Waals surface area contributed by atoms with Crippen molar-refractivity contribution >= 4 is 5.91 Å². The molecule has 0 saturated heterocycles. The molecule has 0 radical (unpaired) electrons. The zero-order chi connectivity index (χ0) is 11.4. The monoisotopic (exact) mass is 213 g/mol. The highest BCUT2D eigenvalue weighted by molar-refractivity contribution is 5.80. The summed E-state index contributed by atoms with van der Waals surface area (Å²) >= 11 is 0. The Morgan fingerprint density at radius 2 is 2.00 bits per heavy atom. The molecule has 84 valence electrons. The topological polar surface area (TPSA) is 29.5 Å². The highest BCUT2D eigenvalue weighted by Crippen LogP contribution is 2.15. The van der Waals surface area contributed by atoms with Crippen LogP contribution in [-0.2, 0) is 9.53 Å². The number of ether oxygens (including phenoxy) is 1. The summed E-state index contributed by atoms with van der Waals surface area (Å²) in [6, 6.07) is 0. The summed E-state index contributed by atoms with van der Waals surface area (Å²) in [6.45, 7) is 2.09. The van der Waals surface area contributed by atoms with Crippen LogP contribution in [0.2, 0.25) is 0 Å². The fourth-order valence-corrected chi connectivity index (χ4v) is 0.757. The summed E-state index contributed by atoms with van der Waals surface area (Å²) in [5, 5.41) is 0. The van der Waals surface area contributed by atoms with Gasteiger partial charge < -0.3 is 9.64 Å². The number of alkyl halides is 3. The predicted molar refractivity (Wildman–Crippen MR) is 44.8 cm³/mol. The number of rotatable bonds is 4. The molecule has 0 bridgehead atoms. The zero-order valence-electron chi connectivity index (χ0n) is 8.39. The van der Waals surface area contributed by atoms with Crippen molar-refractivity contribution in [2.24, 2.45) is 0 Å². The first-order chi connectivity index (χ1) is 6.28. The lowest BCUT2D eigenvalue weighted by molar-refractivity contribution is -0.188. The van der Waals surface area contributed by atoms with Crippen LogP contribution in [0.1, 0.15) is 13.8 Å². The number of amides is 1. The van der Waals surface area contributed by atoms with Crippen molar-refractivity contribution in [2.45, 2.75) is 26.1 Å². The Labute approximate surface area is 80.8 Å². The van der Waals surface area contributed by atoms with E-state index in [-0.39, 0.29) is 0 Å². The van der Waals surface area contributed by atoms with Crippen molar-refractivity contribution in [3.05, 3.63) is 0 Å². The van der Waals surface area contributed by atoms with Gasteiger partial charge in [-0.15, -0.1) is 0 Å². The number of nitrogens with zero attached hydrogens (tertiary/aromatic N) is 1. The minimum Gasteiger partial charge on any atom is -0.359 e. The molecular weight excluding hydrogens is 199 g/mol. The van der Waals surface area contributed by atoms with Crippen LogP contribution in [0.3, 0.4) is 0 Å². The molecule has 0 aliphatic rings. The van der Waals surface area contributed by atoms with Gasteiger partial charge in [-0.3, -0.25) is 4.79 Å². The van der Waals surface area contributed by atoms with Crippen LogP contribution in [0.15, 0.2) is 0 Å². The molecule has 0 saturated carbocycles. The van der Waals surface area contributed by atoms with Crippen molar-refractivity contribution in [1.29, 1.82) is 0 Å². The Kier molecular flexibility index (Phi) is 4.90. The number of halogens is 3. The molecule has 0 aromatic heterocycles. The fraction of sp³-hybridized carbons (Fsp3) is 0.875. The molecular formula is C8H14F3NO2. The number of carbonyl (C=O) groups is 1. The van der Waals surface area contributed by atoms with Crippen molar-refractivity contribution in [2.75, 3.05) is 20.2 Å². The largest absolute Gasteiger partial charge is 0.411 e. The van der Waals surface area contributed by atoms with Gasteiger partial charge in [0.1, 0.15) is 12.7 Å². The maximum absolute atomic E-state index is 11.7. The molecule has 0 fully saturated rings. The Morgan fingerprint density at radius 1 is 1.50 bits per heavy atom. The lowest BCUT2D eigenvalue weighted by atomic mass is 10.3. The van der Waals surface area contributed by atoms with Gasteiger partial charge in [-0.2, -0.15) is 13.2 Å². The van der Waals surface area contributed by atoms with E-state index >= 15 is 0 Å². The normalized spacial score (nSPS) is 13.9. The van der Waals surface area contributed by atoms with Crippen LogP contribution in [0.5, 0.6) is 0 Å². The summed E-state index contributed by atoms with van der Waals surface area (Å²) in [5.74, 6) is -0.447. The molecule has 0 rings (SSSR count). The average Bonchev–Trinajstić information content (AvgIpc) is 2.10. The number of carbonyl (C=O) groups excluding carboxylic acids is 1. The van der Waals surface area contributed by atoms with Crippen LogP contribution in [-0.4, -0.2) is 43.3 Å². The Morgan fingerprint density at radius 3 is 2.36 bits per heavy atom. The van der Waals surface area contributed by atoms with E-state index in [0.717, 1.165) is 0 Å². The predicted octanol–water partition coefficient (Wildman–Crippen LogP) is 1.43. The summed E-state index contributed by atoms with van der Waals surface area (Å²) in [4.78, 5) is 12.5.